The molecule has 0 radical (unpaired) electrons. The summed E-state index contributed by atoms with van der Waals surface area (Å²) in [4.78, 5) is 13.6. The minimum Gasteiger partial charge on any atom is -0.292 e. The Hall–Kier alpha value is -1.69. The second-order valence-corrected chi connectivity index (χ2v) is 9.53. The molecule has 2 aromatic rings. The lowest BCUT2D eigenvalue weighted by Crippen LogP contribution is -2.55. The van der Waals surface area contributed by atoms with E-state index in [9.17, 15) is 13.2 Å². The van der Waals surface area contributed by atoms with Gasteiger partial charge in [0.15, 0.2) is 5.78 Å². The number of carbonyl (C=O) groups is 1. The van der Waals surface area contributed by atoms with E-state index in [1.165, 1.54) is 0 Å². The summed E-state index contributed by atoms with van der Waals surface area (Å²) in [5, 5.41) is 0.478. The number of benzene rings is 2. The van der Waals surface area contributed by atoms with E-state index in [2.05, 4.69) is 4.72 Å². The van der Waals surface area contributed by atoms with Gasteiger partial charge in [0.2, 0.25) is 10.0 Å². The van der Waals surface area contributed by atoms with Gasteiger partial charge in [0.05, 0.1) is 10.4 Å². The summed E-state index contributed by atoms with van der Waals surface area (Å²) >= 11 is 6.13. The number of rotatable bonds is 5. The zero-order chi connectivity index (χ0) is 19.7. The molecule has 0 aliphatic heterocycles. The van der Waals surface area contributed by atoms with Crippen LogP contribution in [0.1, 0.15) is 53.6 Å². The fourth-order valence-corrected chi connectivity index (χ4v) is 5.42. The summed E-state index contributed by atoms with van der Waals surface area (Å²) in [5.41, 5.74) is 1.18. The second-order valence-electron chi connectivity index (χ2n) is 7.41. The maximum absolute atomic E-state index is 13.4. The third-order valence-electron chi connectivity index (χ3n) is 5.11. The molecule has 0 saturated heterocycles. The van der Waals surface area contributed by atoms with Gasteiger partial charge >= 0.3 is 0 Å². The number of aryl methyl sites for hydroxylation is 2. The Labute approximate surface area is 166 Å². The smallest absolute Gasteiger partial charge is 0.241 e. The van der Waals surface area contributed by atoms with Crippen LogP contribution in [0.15, 0.2) is 47.4 Å². The number of halogens is 1. The molecule has 144 valence electrons. The third kappa shape index (κ3) is 4.42. The molecule has 1 aliphatic rings. The van der Waals surface area contributed by atoms with Gasteiger partial charge in [-0.3, -0.25) is 4.79 Å². The molecule has 0 atom stereocenters. The van der Waals surface area contributed by atoms with Crippen molar-refractivity contribution in [2.45, 2.75) is 56.4 Å². The quantitative estimate of drug-likeness (QED) is 0.725. The average Bonchev–Trinajstić information content (AvgIpc) is 2.61. The molecule has 4 nitrogen and oxygen atoms in total. The lowest BCUT2D eigenvalue weighted by atomic mass is 9.77. The number of hydrogen-bond acceptors (Lipinski definition) is 3. The highest BCUT2D eigenvalue weighted by atomic mass is 35.5. The van der Waals surface area contributed by atoms with Gasteiger partial charge in [-0.1, -0.05) is 48.6 Å². The first-order valence-electron chi connectivity index (χ1n) is 9.15. The van der Waals surface area contributed by atoms with Gasteiger partial charge in [-0.05, 0) is 62.6 Å². The lowest BCUT2D eigenvalue weighted by molar-refractivity contribution is 0.0826. The van der Waals surface area contributed by atoms with Crippen molar-refractivity contribution in [2.75, 3.05) is 0 Å². The van der Waals surface area contributed by atoms with Gasteiger partial charge in [-0.15, -0.1) is 0 Å². The summed E-state index contributed by atoms with van der Waals surface area (Å²) in [6.45, 7) is 3.77. The molecule has 1 aliphatic carbocycles. The topological polar surface area (TPSA) is 63.2 Å². The Morgan fingerprint density at radius 3 is 2.19 bits per heavy atom. The first kappa shape index (κ1) is 20.1. The second kappa shape index (κ2) is 7.74. The van der Waals surface area contributed by atoms with Gasteiger partial charge in [0.25, 0.3) is 0 Å². The molecule has 1 fully saturated rings. The van der Waals surface area contributed by atoms with Crippen LogP contribution in [-0.2, 0) is 10.0 Å². The lowest BCUT2D eigenvalue weighted by Gasteiger charge is -2.36. The maximum Gasteiger partial charge on any atom is 0.241 e. The highest BCUT2D eigenvalue weighted by Crippen LogP contribution is 2.34. The van der Waals surface area contributed by atoms with Crippen molar-refractivity contribution in [2.24, 2.45) is 0 Å². The van der Waals surface area contributed by atoms with Crippen LogP contribution in [0.2, 0.25) is 5.02 Å². The molecular weight excluding hydrogens is 382 g/mol. The minimum atomic E-state index is -3.81. The van der Waals surface area contributed by atoms with E-state index in [-0.39, 0.29) is 10.7 Å². The number of carbonyl (C=O) groups excluding carboxylic acids is 1. The first-order valence-corrected chi connectivity index (χ1v) is 11.0. The van der Waals surface area contributed by atoms with Gasteiger partial charge in [-0.25, -0.2) is 8.42 Å². The predicted molar refractivity (Wildman–Crippen MR) is 108 cm³/mol. The summed E-state index contributed by atoms with van der Waals surface area (Å²) in [5.74, 6) is -0.205. The van der Waals surface area contributed by atoms with Crippen LogP contribution in [0.25, 0.3) is 0 Å². The predicted octanol–water partition coefficient (Wildman–Crippen LogP) is 4.82. The number of nitrogens with one attached hydrogen (secondary N) is 1. The number of ketones is 1. The molecule has 0 unspecified atom stereocenters. The van der Waals surface area contributed by atoms with Gasteiger partial charge in [-0.2, -0.15) is 4.72 Å². The van der Waals surface area contributed by atoms with Crippen molar-refractivity contribution in [3.05, 3.63) is 64.2 Å². The van der Waals surface area contributed by atoms with Gasteiger partial charge in [0, 0.05) is 10.6 Å². The summed E-state index contributed by atoms with van der Waals surface area (Å²) in [6, 6.07) is 11.8. The van der Waals surface area contributed by atoms with E-state index in [0.29, 0.717) is 23.4 Å². The standard InChI is InChI=1S/C21H24ClNO3S/c1-15-6-8-19(9-7-15)27(25,26)23-21(10-4-3-5-11-21)20(24)17-12-16(2)13-18(22)14-17/h6-9,12-14,23H,3-5,10-11H2,1-2H3. The van der Waals surface area contributed by atoms with Crippen LogP contribution in [0, 0.1) is 13.8 Å². The maximum atomic E-state index is 13.4. The summed E-state index contributed by atoms with van der Waals surface area (Å²) < 4.78 is 28.8. The van der Waals surface area contributed by atoms with Gasteiger partial charge < -0.3 is 0 Å². The fraction of sp³-hybridized carbons (Fsp3) is 0.381. The van der Waals surface area contributed by atoms with Crippen LogP contribution >= 0.6 is 11.6 Å². The average molecular weight is 406 g/mol. The van der Waals surface area contributed by atoms with E-state index in [4.69, 9.17) is 11.6 Å². The first-order chi connectivity index (χ1) is 12.7. The Kier molecular flexibility index (Phi) is 5.75. The molecule has 3 rings (SSSR count). The van der Waals surface area contributed by atoms with Crippen molar-refractivity contribution in [3.8, 4) is 0 Å². The summed E-state index contributed by atoms with van der Waals surface area (Å²) in [6.07, 6.45) is 3.59. The third-order valence-corrected chi connectivity index (χ3v) is 6.88. The van der Waals surface area contributed by atoms with Crippen LogP contribution in [0.4, 0.5) is 0 Å². The molecule has 0 heterocycles. The highest BCUT2D eigenvalue weighted by molar-refractivity contribution is 7.89. The molecule has 0 bridgehead atoms. The molecule has 1 saturated carbocycles. The van der Waals surface area contributed by atoms with Crippen LogP contribution in [0.5, 0.6) is 0 Å². The van der Waals surface area contributed by atoms with E-state index in [1.807, 2.05) is 13.8 Å². The van der Waals surface area contributed by atoms with Crippen molar-refractivity contribution in [1.29, 1.82) is 0 Å². The van der Waals surface area contributed by atoms with Crippen molar-refractivity contribution < 1.29 is 13.2 Å². The highest BCUT2D eigenvalue weighted by Gasteiger charge is 2.43. The van der Waals surface area contributed by atoms with E-state index < -0.39 is 15.6 Å². The molecule has 0 aromatic heterocycles. The van der Waals surface area contributed by atoms with E-state index >= 15 is 0 Å². The van der Waals surface area contributed by atoms with E-state index in [1.54, 1.807) is 42.5 Å². The zero-order valence-corrected chi connectivity index (χ0v) is 17.2. The van der Waals surface area contributed by atoms with Crippen LogP contribution < -0.4 is 4.72 Å². The largest absolute Gasteiger partial charge is 0.292 e. The van der Waals surface area contributed by atoms with Crippen LogP contribution in [-0.4, -0.2) is 19.7 Å². The Morgan fingerprint density at radius 2 is 1.59 bits per heavy atom. The minimum absolute atomic E-state index is 0.174. The number of hydrogen-bond donors (Lipinski definition) is 1. The van der Waals surface area contributed by atoms with E-state index in [0.717, 1.165) is 30.4 Å². The molecule has 0 amide bonds. The Morgan fingerprint density at radius 1 is 0.963 bits per heavy atom. The molecule has 1 N–H and O–H groups in total. The number of Topliss-reactive ketones (excluding diaryl/α,β-unsaturated/α-hetero) is 1. The Balaban J connectivity index is 1.99. The fourth-order valence-electron chi connectivity index (χ4n) is 3.71. The molecule has 2 aromatic carbocycles. The summed E-state index contributed by atoms with van der Waals surface area (Å²) in [7, 11) is -3.81. The number of sulfonamides is 1. The van der Waals surface area contributed by atoms with Gasteiger partial charge in [0.1, 0.15) is 0 Å². The monoisotopic (exact) mass is 405 g/mol. The van der Waals surface area contributed by atoms with Crippen molar-refractivity contribution in [1.82, 2.24) is 4.72 Å². The van der Waals surface area contributed by atoms with Crippen molar-refractivity contribution in [3.63, 3.8) is 0 Å². The molecular formula is C21H24ClNO3S. The molecule has 6 heteroatoms. The zero-order valence-electron chi connectivity index (χ0n) is 15.6. The van der Waals surface area contributed by atoms with Crippen molar-refractivity contribution >= 4 is 27.4 Å². The SMILES string of the molecule is Cc1ccc(S(=O)(=O)NC2(C(=O)c3cc(C)cc(Cl)c3)CCCCC2)cc1. The molecule has 0 spiro atoms. The van der Waals surface area contributed by atoms with Crippen LogP contribution in [0.3, 0.4) is 0 Å². The molecule has 27 heavy (non-hydrogen) atoms. The Bertz CT molecular complexity index is 926. The normalized spacial score (nSPS) is 16.9.